The van der Waals surface area contributed by atoms with Gasteiger partial charge in [0.05, 0.1) is 17.2 Å². The van der Waals surface area contributed by atoms with Crippen molar-refractivity contribution in [3.05, 3.63) is 52.5 Å². The molecular formula is C15H11Cl2NO. The molecular weight excluding hydrogens is 281 g/mol. The van der Waals surface area contributed by atoms with Crippen LogP contribution < -0.4 is 4.74 Å². The van der Waals surface area contributed by atoms with E-state index < -0.39 is 0 Å². The zero-order valence-electron chi connectivity index (χ0n) is 10.2. The molecule has 0 amide bonds. The number of rotatable bonds is 2. The van der Waals surface area contributed by atoms with E-state index in [0.29, 0.717) is 10.0 Å². The maximum atomic E-state index is 6.05. The van der Waals surface area contributed by atoms with Gasteiger partial charge in [-0.3, -0.25) is 0 Å². The number of benzene rings is 2. The summed E-state index contributed by atoms with van der Waals surface area (Å²) < 4.78 is 5.35. The minimum atomic E-state index is 0.546. The lowest BCUT2D eigenvalue weighted by Crippen LogP contribution is -1.81. The summed E-state index contributed by atoms with van der Waals surface area (Å²) in [5, 5.41) is 2.15. The van der Waals surface area contributed by atoms with Gasteiger partial charge in [-0.15, -0.1) is 0 Å². The Bertz CT molecular complexity index is 749. The standard InChI is InChI=1S/C15H11Cl2NO/c1-19-15-4-2-3-13-10(15)8-14(18-13)9-5-6-11(16)12(17)7-9/h2-8,18H,1H3. The van der Waals surface area contributed by atoms with Gasteiger partial charge in [0.2, 0.25) is 0 Å². The highest BCUT2D eigenvalue weighted by atomic mass is 35.5. The van der Waals surface area contributed by atoms with Crippen LogP contribution in [0.4, 0.5) is 0 Å². The maximum Gasteiger partial charge on any atom is 0.128 e. The van der Waals surface area contributed by atoms with Crippen LogP contribution in [-0.4, -0.2) is 12.1 Å². The van der Waals surface area contributed by atoms with Gasteiger partial charge in [0.25, 0.3) is 0 Å². The summed E-state index contributed by atoms with van der Waals surface area (Å²) in [7, 11) is 1.67. The average molecular weight is 292 g/mol. The van der Waals surface area contributed by atoms with Gasteiger partial charge >= 0.3 is 0 Å². The fourth-order valence-electron chi connectivity index (χ4n) is 2.12. The van der Waals surface area contributed by atoms with E-state index in [1.807, 2.05) is 36.4 Å². The molecule has 1 aromatic heterocycles. The van der Waals surface area contributed by atoms with Crippen LogP contribution in [0, 0.1) is 0 Å². The maximum absolute atomic E-state index is 6.05. The fraction of sp³-hybridized carbons (Fsp3) is 0.0667. The van der Waals surface area contributed by atoms with Crippen LogP contribution in [0.15, 0.2) is 42.5 Å². The topological polar surface area (TPSA) is 25.0 Å². The third-order valence-corrected chi connectivity index (χ3v) is 3.81. The number of hydrogen-bond donors (Lipinski definition) is 1. The SMILES string of the molecule is COc1cccc2[nH]c(-c3ccc(Cl)c(Cl)c3)cc12. The molecule has 0 saturated heterocycles. The first-order valence-electron chi connectivity index (χ1n) is 5.80. The van der Waals surface area contributed by atoms with Gasteiger partial charge in [-0.25, -0.2) is 0 Å². The van der Waals surface area contributed by atoms with E-state index in [1.165, 1.54) is 0 Å². The van der Waals surface area contributed by atoms with E-state index in [4.69, 9.17) is 27.9 Å². The number of ether oxygens (including phenoxy) is 1. The molecule has 1 heterocycles. The Balaban J connectivity index is 2.17. The molecule has 2 aromatic carbocycles. The van der Waals surface area contributed by atoms with Gasteiger partial charge in [-0.2, -0.15) is 0 Å². The van der Waals surface area contributed by atoms with Crippen molar-refractivity contribution in [3.63, 3.8) is 0 Å². The first kappa shape index (κ1) is 12.4. The van der Waals surface area contributed by atoms with E-state index in [1.54, 1.807) is 13.2 Å². The minimum absolute atomic E-state index is 0.546. The third-order valence-electron chi connectivity index (χ3n) is 3.07. The van der Waals surface area contributed by atoms with Crippen molar-refractivity contribution in [2.24, 2.45) is 0 Å². The van der Waals surface area contributed by atoms with Gasteiger partial charge in [0.15, 0.2) is 0 Å². The van der Waals surface area contributed by atoms with E-state index in [-0.39, 0.29) is 0 Å². The molecule has 2 nitrogen and oxygen atoms in total. The van der Waals surface area contributed by atoms with Crippen LogP contribution >= 0.6 is 23.2 Å². The molecule has 4 heteroatoms. The first-order valence-corrected chi connectivity index (χ1v) is 6.56. The Morgan fingerprint density at radius 3 is 2.58 bits per heavy atom. The van der Waals surface area contributed by atoms with Gasteiger partial charge in [-0.1, -0.05) is 35.3 Å². The zero-order valence-corrected chi connectivity index (χ0v) is 11.7. The number of hydrogen-bond acceptors (Lipinski definition) is 1. The van der Waals surface area contributed by atoms with E-state index in [0.717, 1.165) is 27.9 Å². The smallest absolute Gasteiger partial charge is 0.128 e. The van der Waals surface area contributed by atoms with Crippen LogP contribution in [0.1, 0.15) is 0 Å². The molecule has 0 atom stereocenters. The van der Waals surface area contributed by atoms with Crippen LogP contribution in [0.25, 0.3) is 22.2 Å². The van der Waals surface area contributed by atoms with E-state index in [2.05, 4.69) is 4.98 Å². The molecule has 19 heavy (non-hydrogen) atoms. The molecule has 0 aliphatic rings. The number of nitrogens with one attached hydrogen (secondary N) is 1. The largest absolute Gasteiger partial charge is 0.496 e. The highest BCUT2D eigenvalue weighted by molar-refractivity contribution is 6.42. The molecule has 96 valence electrons. The average Bonchev–Trinajstić information content (AvgIpc) is 2.85. The number of fused-ring (bicyclic) bond motifs is 1. The molecule has 0 bridgehead atoms. The van der Waals surface area contributed by atoms with Crippen LogP contribution in [0.3, 0.4) is 0 Å². The lowest BCUT2D eigenvalue weighted by molar-refractivity contribution is 0.420. The zero-order chi connectivity index (χ0) is 13.4. The molecule has 0 radical (unpaired) electrons. The fourth-order valence-corrected chi connectivity index (χ4v) is 2.42. The van der Waals surface area contributed by atoms with E-state index in [9.17, 15) is 0 Å². The summed E-state index contributed by atoms with van der Waals surface area (Å²) in [6.45, 7) is 0. The Morgan fingerprint density at radius 2 is 1.84 bits per heavy atom. The van der Waals surface area contributed by atoms with Gasteiger partial charge in [0.1, 0.15) is 5.75 Å². The molecule has 1 N–H and O–H groups in total. The summed E-state index contributed by atoms with van der Waals surface area (Å²) in [6.07, 6.45) is 0. The van der Waals surface area contributed by atoms with Crippen molar-refractivity contribution >= 4 is 34.1 Å². The summed E-state index contributed by atoms with van der Waals surface area (Å²) in [6, 6.07) is 13.5. The number of aromatic nitrogens is 1. The molecule has 0 saturated carbocycles. The summed E-state index contributed by atoms with van der Waals surface area (Å²) >= 11 is 12.0. The number of aromatic amines is 1. The van der Waals surface area contributed by atoms with Crippen molar-refractivity contribution in [2.45, 2.75) is 0 Å². The number of methoxy groups -OCH3 is 1. The molecule has 0 fully saturated rings. The molecule has 0 unspecified atom stereocenters. The summed E-state index contributed by atoms with van der Waals surface area (Å²) in [5.74, 6) is 0.847. The molecule has 3 rings (SSSR count). The van der Waals surface area contributed by atoms with Crippen molar-refractivity contribution in [3.8, 4) is 17.0 Å². The second kappa shape index (κ2) is 4.80. The minimum Gasteiger partial charge on any atom is -0.496 e. The van der Waals surface area contributed by atoms with Crippen molar-refractivity contribution in [2.75, 3.05) is 7.11 Å². The second-order valence-electron chi connectivity index (χ2n) is 4.23. The normalized spacial score (nSPS) is 10.9. The summed E-state index contributed by atoms with van der Waals surface area (Å²) in [4.78, 5) is 3.35. The van der Waals surface area contributed by atoms with Crippen LogP contribution in [-0.2, 0) is 0 Å². The van der Waals surface area contributed by atoms with Crippen molar-refractivity contribution < 1.29 is 4.74 Å². The Morgan fingerprint density at radius 1 is 1.00 bits per heavy atom. The van der Waals surface area contributed by atoms with Gasteiger partial charge < -0.3 is 9.72 Å². The molecule has 0 aliphatic carbocycles. The van der Waals surface area contributed by atoms with Gasteiger partial charge in [-0.05, 0) is 35.9 Å². The highest BCUT2D eigenvalue weighted by Gasteiger charge is 2.08. The predicted octanol–water partition coefficient (Wildman–Crippen LogP) is 5.15. The van der Waals surface area contributed by atoms with Crippen molar-refractivity contribution in [1.82, 2.24) is 4.98 Å². The Hall–Kier alpha value is -1.64. The van der Waals surface area contributed by atoms with Crippen LogP contribution in [0.2, 0.25) is 10.0 Å². The predicted molar refractivity (Wildman–Crippen MR) is 80.3 cm³/mol. The quantitative estimate of drug-likeness (QED) is 0.694. The molecule has 0 aliphatic heterocycles. The van der Waals surface area contributed by atoms with E-state index >= 15 is 0 Å². The van der Waals surface area contributed by atoms with Crippen LogP contribution in [0.5, 0.6) is 5.75 Å². The molecule has 0 spiro atoms. The first-order chi connectivity index (χ1) is 9.19. The number of H-pyrrole nitrogens is 1. The molecule has 3 aromatic rings. The monoisotopic (exact) mass is 291 g/mol. The lowest BCUT2D eigenvalue weighted by Gasteiger charge is -2.00. The Kier molecular flexibility index (Phi) is 3.13. The van der Waals surface area contributed by atoms with Crippen molar-refractivity contribution in [1.29, 1.82) is 0 Å². The highest BCUT2D eigenvalue weighted by Crippen LogP contribution is 2.33. The number of halogens is 2. The Labute approximate surface area is 120 Å². The second-order valence-corrected chi connectivity index (χ2v) is 5.05. The lowest BCUT2D eigenvalue weighted by atomic mass is 10.1. The van der Waals surface area contributed by atoms with Gasteiger partial charge in [0, 0.05) is 16.6 Å². The third kappa shape index (κ3) is 2.18. The summed E-state index contributed by atoms with van der Waals surface area (Å²) in [5.41, 5.74) is 3.01.